The number of nitrogens with one attached hydrogen (secondary N) is 3. The Kier molecular flexibility index (Phi) is 4.25. The van der Waals surface area contributed by atoms with Crippen molar-refractivity contribution >= 4 is 17.3 Å². The van der Waals surface area contributed by atoms with Crippen LogP contribution in [0, 0.1) is 0 Å². The molecule has 0 spiro atoms. The number of rotatable bonds is 4. The number of aromatic nitrogens is 3. The molecule has 0 aliphatic heterocycles. The van der Waals surface area contributed by atoms with E-state index in [0.29, 0.717) is 22.8 Å². The van der Waals surface area contributed by atoms with Crippen molar-refractivity contribution in [2.75, 3.05) is 5.32 Å². The third kappa shape index (κ3) is 3.49. The summed E-state index contributed by atoms with van der Waals surface area (Å²) in [5.41, 5.74) is 1.19. The lowest BCUT2D eigenvalue weighted by atomic mass is 10.1. The number of anilines is 1. The minimum atomic E-state index is -0.653. The molecule has 1 heterocycles. The van der Waals surface area contributed by atoms with E-state index in [1.807, 2.05) is 30.3 Å². The predicted octanol–water partition coefficient (Wildman–Crippen LogP) is 2.39. The molecule has 0 fully saturated rings. The van der Waals surface area contributed by atoms with Gasteiger partial charge in [-0.15, -0.1) is 0 Å². The minimum absolute atomic E-state index is 0.0997. The maximum absolute atomic E-state index is 12.0. The Morgan fingerprint density at radius 3 is 2.61 bits per heavy atom. The Bertz CT molecular complexity index is 935. The summed E-state index contributed by atoms with van der Waals surface area (Å²) in [7, 11) is 0. The van der Waals surface area contributed by atoms with Crippen LogP contribution >= 0.6 is 11.6 Å². The van der Waals surface area contributed by atoms with E-state index < -0.39 is 11.2 Å². The minimum Gasteiger partial charge on any atom is -0.380 e. The summed E-state index contributed by atoms with van der Waals surface area (Å²) in [4.78, 5) is 25.2. The number of benzene rings is 2. The molecule has 3 rings (SSSR count). The van der Waals surface area contributed by atoms with Gasteiger partial charge in [0.25, 0.3) is 5.56 Å². The van der Waals surface area contributed by atoms with Crippen LogP contribution in [0.2, 0.25) is 5.02 Å². The average molecular weight is 329 g/mol. The van der Waals surface area contributed by atoms with Crippen molar-refractivity contribution in [1.82, 2.24) is 15.2 Å². The van der Waals surface area contributed by atoms with Crippen LogP contribution in [0.1, 0.15) is 5.56 Å². The Labute approximate surface area is 136 Å². The van der Waals surface area contributed by atoms with Gasteiger partial charge in [-0.2, -0.15) is 5.10 Å². The van der Waals surface area contributed by atoms with Crippen LogP contribution in [-0.4, -0.2) is 15.2 Å². The molecule has 3 aromatic rings. The number of hydrogen-bond donors (Lipinski definition) is 3. The van der Waals surface area contributed by atoms with Crippen molar-refractivity contribution in [3.05, 3.63) is 80.0 Å². The SMILES string of the molecule is O=c1[nH]nc(-c2cc(Cl)ccc2NCc2ccccc2)c(=O)[nH]1. The first-order valence-corrected chi connectivity index (χ1v) is 7.28. The summed E-state index contributed by atoms with van der Waals surface area (Å²) in [6.07, 6.45) is 0. The Balaban J connectivity index is 1.98. The van der Waals surface area contributed by atoms with Gasteiger partial charge in [0.05, 0.1) is 0 Å². The first kappa shape index (κ1) is 15.1. The highest BCUT2D eigenvalue weighted by molar-refractivity contribution is 6.31. The fourth-order valence-corrected chi connectivity index (χ4v) is 2.36. The molecule has 0 atom stereocenters. The van der Waals surface area contributed by atoms with E-state index in [-0.39, 0.29) is 5.69 Å². The van der Waals surface area contributed by atoms with Crippen LogP contribution in [0.3, 0.4) is 0 Å². The lowest BCUT2D eigenvalue weighted by Gasteiger charge is -2.11. The average Bonchev–Trinajstić information content (AvgIpc) is 2.55. The molecule has 6 nitrogen and oxygen atoms in total. The van der Waals surface area contributed by atoms with Gasteiger partial charge in [-0.25, -0.2) is 9.89 Å². The second kappa shape index (κ2) is 6.50. The quantitative estimate of drug-likeness (QED) is 0.686. The Morgan fingerprint density at radius 1 is 1.09 bits per heavy atom. The molecule has 0 amide bonds. The molecule has 0 aliphatic rings. The largest absolute Gasteiger partial charge is 0.380 e. The molecule has 7 heteroatoms. The maximum atomic E-state index is 12.0. The molecule has 23 heavy (non-hydrogen) atoms. The van der Waals surface area contributed by atoms with Crippen LogP contribution in [0.25, 0.3) is 11.3 Å². The van der Waals surface area contributed by atoms with E-state index in [1.165, 1.54) is 0 Å². The normalized spacial score (nSPS) is 10.5. The molecule has 0 bridgehead atoms. The molecule has 2 aromatic carbocycles. The second-order valence-electron chi connectivity index (χ2n) is 4.88. The number of hydrogen-bond acceptors (Lipinski definition) is 4. The van der Waals surface area contributed by atoms with Gasteiger partial charge < -0.3 is 5.32 Å². The number of aromatic amines is 2. The third-order valence-electron chi connectivity index (χ3n) is 3.27. The molecular formula is C16H13ClN4O2. The second-order valence-corrected chi connectivity index (χ2v) is 5.32. The lowest BCUT2D eigenvalue weighted by molar-refractivity contribution is 0.897. The lowest BCUT2D eigenvalue weighted by Crippen LogP contribution is -2.25. The zero-order valence-corrected chi connectivity index (χ0v) is 12.7. The maximum Gasteiger partial charge on any atom is 0.342 e. The van der Waals surface area contributed by atoms with Crippen LogP contribution in [0.5, 0.6) is 0 Å². The van der Waals surface area contributed by atoms with E-state index in [4.69, 9.17) is 11.6 Å². The van der Waals surface area contributed by atoms with Gasteiger partial charge in [0.1, 0.15) is 0 Å². The molecule has 0 saturated carbocycles. The molecule has 0 radical (unpaired) electrons. The van der Waals surface area contributed by atoms with Crippen LogP contribution < -0.4 is 16.6 Å². The number of H-pyrrole nitrogens is 2. The van der Waals surface area contributed by atoms with Crippen LogP contribution in [0.4, 0.5) is 5.69 Å². The molecule has 0 saturated heterocycles. The highest BCUT2D eigenvalue weighted by Gasteiger charge is 2.12. The first-order chi connectivity index (χ1) is 11.1. The predicted molar refractivity (Wildman–Crippen MR) is 89.7 cm³/mol. The standard InChI is InChI=1S/C16H13ClN4O2/c17-11-6-7-13(18-9-10-4-2-1-3-5-10)12(8-11)14-15(22)19-16(23)21-20-14/h1-8,18H,9H2,(H2,19,21,22,23). The molecule has 1 aromatic heterocycles. The van der Waals surface area contributed by atoms with Gasteiger partial charge in [-0.1, -0.05) is 41.9 Å². The van der Waals surface area contributed by atoms with Gasteiger partial charge >= 0.3 is 5.69 Å². The summed E-state index contributed by atoms with van der Waals surface area (Å²) in [6.45, 7) is 0.580. The van der Waals surface area contributed by atoms with E-state index in [1.54, 1.807) is 18.2 Å². The zero-order valence-electron chi connectivity index (χ0n) is 12.0. The van der Waals surface area contributed by atoms with E-state index in [0.717, 1.165) is 5.56 Å². The van der Waals surface area contributed by atoms with Gasteiger partial charge in [-0.05, 0) is 23.8 Å². The topological polar surface area (TPSA) is 90.6 Å². The van der Waals surface area contributed by atoms with Gasteiger partial charge in [0.15, 0.2) is 5.69 Å². The van der Waals surface area contributed by atoms with Crippen LogP contribution in [0.15, 0.2) is 58.1 Å². The van der Waals surface area contributed by atoms with Crippen molar-refractivity contribution in [3.63, 3.8) is 0 Å². The van der Waals surface area contributed by atoms with Crippen molar-refractivity contribution in [2.45, 2.75) is 6.54 Å². The smallest absolute Gasteiger partial charge is 0.342 e. The monoisotopic (exact) mass is 328 g/mol. The molecule has 3 N–H and O–H groups in total. The fraction of sp³-hybridized carbons (Fsp3) is 0.0625. The van der Waals surface area contributed by atoms with E-state index in [2.05, 4.69) is 20.5 Å². The van der Waals surface area contributed by atoms with E-state index >= 15 is 0 Å². The number of nitrogens with zero attached hydrogens (tertiary/aromatic N) is 1. The molecule has 0 unspecified atom stereocenters. The summed E-state index contributed by atoms with van der Waals surface area (Å²) in [6, 6.07) is 15.0. The van der Waals surface area contributed by atoms with Crippen molar-refractivity contribution in [1.29, 1.82) is 0 Å². The Hall–Kier alpha value is -2.86. The van der Waals surface area contributed by atoms with Gasteiger partial charge in [0.2, 0.25) is 0 Å². The zero-order chi connectivity index (χ0) is 16.2. The van der Waals surface area contributed by atoms with Gasteiger partial charge in [-0.3, -0.25) is 9.78 Å². The fourth-order valence-electron chi connectivity index (χ4n) is 2.19. The molecule has 116 valence electrons. The van der Waals surface area contributed by atoms with E-state index in [9.17, 15) is 9.59 Å². The summed E-state index contributed by atoms with van der Waals surface area (Å²) < 4.78 is 0. The summed E-state index contributed by atoms with van der Waals surface area (Å²) in [5.74, 6) is 0. The first-order valence-electron chi connectivity index (χ1n) is 6.90. The van der Waals surface area contributed by atoms with Gasteiger partial charge in [0, 0.05) is 22.8 Å². The Morgan fingerprint density at radius 2 is 1.87 bits per heavy atom. The van der Waals surface area contributed by atoms with Crippen molar-refractivity contribution in [3.8, 4) is 11.3 Å². The highest BCUT2D eigenvalue weighted by atomic mass is 35.5. The highest BCUT2D eigenvalue weighted by Crippen LogP contribution is 2.27. The summed E-state index contributed by atoms with van der Waals surface area (Å²) in [5, 5.41) is 9.78. The van der Waals surface area contributed by atoms with Crippen molar-refractivity contribution in [2.24, 2.45) is 0 Å². The summed E-state index contributed by atoms with van der Waals surface area (Å²) >= 11 is 6.03. The van der Waals surface area contributed by atoms with Crippen LogP contribution in [-0.2, 0) is 6.54 Å². The molecular weight excluding hydrogens is 316 g/mol. The molecule has 0 aliphatic carbocycles. The number of halogens is 1. The van der Waals surface area contributed by atoms with Crippen molar-refractivity contribution < 1.29 is 0 Å². The third-order valence-corrected chi connectivity index (χ3v) is 3.51.